The van der Waals surface area contributed by atoms with Gasteiger partial charge in [0.2, 0.25) is 5.91 Å². The van der Waals surface area contributed by atoms with Gasteiger partial charge in [-0.2, -0.15) is 0 Å². The van der Waals surface area contributed by atoms with E-state index < -0.39 is 14.6 Å². The van der Waals surface area contributed by atoms with Crippen LogP contribution in [0.15, 0.2) is 0 Å². The quantitative estimate of drug-likeness (QED) is 0.664. The second-order valence-electron chi connectivity index (χ2n) is 10.2. The Morgan fingerprint density at radius 1 is 1.07 bits per heavy atom. The van der Waals surface area contributed by atoms with Crippen molar-refractivity contribution in [1.29, 1.82) is 0 Å². The minimum Gasteiger partial charge on any atom is -0.356 e. The van der Waals surface area contributed by atoms with Crippen molar-refractivity contribution in [1.82, 2.24) is 10.6 Å². The number of sulfone groups is 1. The SMILES string of the molecule is CC1CCCC(CNC(=O)C2CC3(CC(NC(=O)C#CC4CC4)CCS3(=O)=O)C2)C1. The number of carbonyl (C=O) groups excluding carboxylic acids is 2. The fourth-order valence-corrected chi connectivity index (χ4v) is 7.90. The maximum Gasteiger partial charge on any atom is 0.296 e. The van der Waals surface area contributed by atoms with Gasteiger partial charge in [-0.1, -0.05) is 25.7 Å². The van der Waals surface area contributed by atoms with Gasteiger partial charge in [0.25, 0.3) is 5.91 Å². The molecule has 1 spiro atoms. The highest BCUT2D eigenvalue weighted by Crippen LogP contribution is 2.50. The number of hydrogen-bond acceptors (Lipinski definition) is 4. The van der Waals surface area contributed by atoms with Crippen LogP contribution in [0.1, 0.15) is 71.1 Å². The molecule has 0 bridgehead atoms. The highest BCUT2D eigenvalue weighted by Gasteiger charge is 2.58. The molecule has 166 valence electrons. The lowest BCUT2D eigenvalue weighted by atomic mass is 9.70. The predicted octanol–water partition coefficient (Wildman–Crippen LogP) is 2.18. The van der Waals surface area contributed by atoms with Gasteiger partial charge in [0.15, 0.2) is 9.84 Å². The highest BCUT2D eigenvalue weighted by molar-refractivity contribution is 7.92. The van der Waals surface area contributed by atoms with Crippen LogP contribution in [-0.4, -0.2) is 43.3 Å². The lowest BCUT2D eigenvalue weighted by molar-refractivity contribution is -0.129. The lowest BCUT2D eigenvalue weighted by Gasteiger charge is -2.50. The highest BCUT2D eigenvalue weighted by atomic mass is 32.2. The standard InChI is InChI=1S/C23H34N2O4S/c1-16-3-2-4-18(11-16)15-24-22(27)19-12-23(13-19)14-20(9-10-30(23,28)29)25-21(26)8-7-17-5-6-17/h16-20H,2-6,9-15H2,1H3,(H,24,27)(H,25,26). The Labute approximate surface area is 180 Å². The van der Waals surface area contributed by atoms with Crippen LogP contribution in [-0.2, 0) is 19.4 Å². The van der Waals surface area contributed by atoms with E-state index in [0.29, 0.717) is 44.1 Å². The van der Waals surface area contributed by atoms with Crippen LogP contribution in [0.5, 0.6) is 0 Å². The smallest absolute Gasteiger partial charge is 0.296 e. The first-order valence-corrected chi connectivity index (χ1v) is 13.2. The fourth-order valence-electron chi connectivity index (χ4n) is 5.51. The maximum atomic E-state index is 12.8. The molecule has 0 radical (unpaired) electrons. The Morgan fingerprint density at radius 3 is 2.53 bits per heavy atom. The van der Waals surface area contributed by atoms with Gasteiger partial charge >= 0.3 is 0 Å². The molecule has 3 aliphatic carbocycles. The summed E-state index contributed by atoms with van der Waals surface area (Å²) in [6.45, 7) is 2.97. The summed E-state index contributed by atoms with van der Waals surface area (Å²) in [5, 5.41) is 5.98. The molecule has 4 aliphatic rings. The molecule has 0 aromatic carbocycles. The molecule has 6 nitrogen and oxygen atoms in total. The van der Waals surface area contributed by atoms with Gasteiger partial charge in [0, 0.05) is 24.4 Å². The van der Waals surface area contributed by atoms with Gasteiger partial charge in [0.1, 0.15) is 0 Å². The number of carbonyl (C=O) groups is 2. The van der Waals surface area contributed by atoms with Crippen LogP contribution in [0, 0.1) is 35.5 Å². The molecule has 1 saturated heterocycles. The largest absolute Gasteiger partial charge is 0.356 e. The van der Waals surface area contributed by atoms with E-state index in [1.165, 1.54) is 19.3 Å². The normalized spacial score (nSPS) is 37.4. The van der Waals surface area contributed by atoms with Crippen molar-refractivity contribution in [3.63, 3.8) is 0 Å². The van der Waals surface area contributed by atoms with Crippen LogP contribution in [0.25, 0.3) is 0 Å². The first-order valence-electron chi connectivity index (χ1n) is 11.6. The van der Waals surface area contributed by atoms with Crippen LogP contribution in [0.3, 0.4) is 0 Å². The zero-order chi connectivity index (χ0) is 21.4. The van der Waals surface area contributed by atoms with Gasteiger partial charge in [0.05, 0.1) is 10.5 Å². The lowest BCUT2D eigenvalue weighted by Crippen LogP contribution is -2.61. The van der Waals surface area contributed by atoms with E-state index in [9.17, 15) is 18.0 Å². The summed E-state index contributed by atoms with van der Waals surface area (Å²) in [6.07, 6.45) is 8.54. The van der Waals surface area contributed by atoms with Crippen molar-refractivity contribution >= 4 is 21.7 Å². The number of hydrogen-bond donors (Lipinski definition) is 2. The summed E-state index contributed by atoms with van der Waals surface area (Å²) < 4.78 is 24.7. The third kappa shape index (κ3) is 4.85. The van der Waals surface area contributed by atoms with Crippen LogP contribution >= 0.6 is 0 Å². The Hall–Kier alpha value is -1.55. The van der Waals surface area contributed by atoms with Crippen molar-refractivity contribution in [3.8, 4) is 11.8 Å². The molecule has 0 aromatic rings. The minimum absolute atomic E-state index is 0.00416. The number of rotatable bonds is 4. The number of nitrogens with one attached hydrogen (secondary N) is 2. The Morgan fingerprint density at radius 2 is 1.83 bits per heavy atom. The summed E-state index contributed by atoms with van der Waals surface area (Å²) in [5.74, 6) is 6.74. The molecule has 3 unspecified atom stereocenters. The molecule has 4 rings (SSSR count). The second-order valence-corrected chi connectivity index (χ2v) is 12.7. The average Bonchev–Trinajstić information content (AvgIpc) is 3.49. The van der Waals surface area contributed by atoms with Crippen LogP contribution in [0.2, 0.25) is 0 Å². The van der Waals surface area contributed by atoms with Gasteiger partial charge in [-0.25, -0.2) is 8.42 Å². The van der Waals surface area contributed by atoms with Crippen LogP contribution < -0.4 is 10.6 Å². The van der Waals surface area contributed by atoms with Crippen molar-refractivity contribution < 1.29 is 18.0 Å². The van der Waals surface area contributed by atoms with Gasteiger partial charge < -0.3 is 10.6 Å². The van der Waals surface area contributed by atoms with E-state index in [-0.39, 0.29) is 29.5 Å². The molecular weight excluding hydrogens is 400 g/mol. The fraction of sp³-hybridized carbons (Fsp3) is 0.826. The molecule has 1 aliphatic heterocycles. The Bertz CT molecular complexity index is 846. The summed E-state index contributed by atoms with van der Waals surface area (Å²) in [5.41, 5.74) is 0. The molecule has 30 heavy (non-hydrogen) atoms. The third-order valence-electron chi connectivity index (χ3n) is 7.53. The zero-order valence-corrected chi connectivity index (χ0v) is 18.7. The first kappa shape index (κ1) is 21.7. The monoisotopic (exact) mass is 434 g/mol. The molecule has 3 saturated carbocycles. The minimum atomic E-state index is -3.25. The topological polar surface area (TPSA) is 92.3 Å². The van der Waals surface area contributed by atoms with Crippen molar-refractivity contribution in [3.05, 3.63) is 0 Å². The second kappa shape index (κ2) is 8.53. The van der Waals surface area contributed by atoms with E-state index >= 15 is 0 Å². The summed E-state index contributed by atoms with van der Waals surface area (Å²) in [4.78, 5) is 24.7. The van der Waals surface area contributed by atoms with Gasteiger partial charge in [-0.05, 0) is 69.1 Å². The predicted molar refractivity (Wildman–Crippen MR) is 115 cm³/mol. The summed E-state index contributed by atoms with van der Waals surface area (Å²) in [6, 6.07) is -0.178. The maximum absolute atomic E-state index is 12.8. The molecule has 2 amide bonds. The van der Waals surface area contributed by atoms with Crippen molar-refractivity contribution in [2.24, 2.45) is 23.7 Å². The third-order valence-corrected chi connectivity index (χ3v) is 10.1. The van der Waals surface area contributed by atoms with E-state index in [0.717, 1.165) is 25.2 Å². The van der Waals surface area contributed by atoms with Gasteiger partial charge in [-0.15, -0.1) is 0 Å². The molecule has 1 heterocycles. The molecule has 0 aromatic heterocycles. The Balaban J connectivity index is 1.28. The van der Waals surface area contributed by atoms with E-state index in [1.54, 1.807) is 0 Å². The average molecular weight is 435 g/mol. The van der Waals surface area contributed by atoms with E-state index in [1.807, 2.05) is 0 Å². The zero-order valence-electron chi connectivity index (χ0n) is 17.9. The molecular formula is C23H34N2O4S. The number of amides is 2. The van der Waals surface area contributed by atoms with Crippen LogP contribution in [0.4, 0.5) is 0 Å². The van der Waals surface area contributed by atoms with E-state index in [2.05, 4.69) is 29.4 Å². The summed E-state index contributed by atoms with van der Waals surface area (Å²) in [7, 11) is -3.25. The first-order chi connectivity index (χ1) is 14.3. The summed E-state index contributed by atoms with van der Waals surface area (Å²) >= 11 is 0. The Kier molecular flexibility index (Phi) is 6.16. The van der Waals surface area contributed by atoms with Crippen molar-refractivity contribution in [2.75, 3.05) is 12.3 Å². The van der Waals surface area contributed by atoms with Gasteiger partial charge in [-0.3, -0.25) is 9.59 Å². The molecule has 3 atom stereocenters. The van der Waals surface area contributed by atoms with E-state index in [4.69, 9.17) is 0 Å². The molecule has 4 fully saturated rings. The van der Waals surface area contributed by atoms with Crippen molar-refractivity contribution in [2.45, 2.75) is 81.9 Å². The molecule has 2 N–H and O–H groups in total. The molecule has 7 heteroatoms.